The minimum absolute atomic E-state index is 0.252. The van der Waals surface area contributed by atoms with E-state index in [9.17, 15) is 4.79 Å². The van der Waals surface area contributed by atoms with E-state index in [2.05, 4.69) is 14.9 Å². The van der Waals surface area contributed by atoms with Crippen LogP contribution in [0.2, 0.25) is 0 Å². The predicted molar refractivity (Wildman–Crippen MR) is 73.6 cm³/mol. The van der Waals surface area contributed by atoms with Crippen LogP contribution < -0.4 is 4.90 Å². The molecule has 6 heteroatoms. The van der Waals surface area contributed by atoms with Gasteiger partial charge in [-0.2, -0.15) is 0 Å². The SMILES string of the molecule is CN(Cc1cscn1)c1nc2c(s1)C(=O)CCC2. The summed E-state index contributed by atoms with van der Waals surface area (Å²) >= 11 is 3.11. The van der Waals surface area contributed by atoms with Crippen molar-refractivity contribution in [3.05, 3.63) is 27.2 Å². The summed E-state index contributed by atoms with van der Waals surface area (Å²) < 4.78 is 0. The number of carbonyl (C=O) groups is 1. The fourth-order valence-electron chi connectivity index (χ4n) is 2.05. The molecule has 0 unspecified atom stereocenters. The van der Waals surface area contributed by atoms with Gasteiger partial charge in [0.05, 0.1) is 28.3 Å². The third-order valence-corrected chi connectivity index (χ3v) is 4.85. The molecule has 4 nitrogen and oxygen atoms in total. The molecular formula is C12H13N3OS2. The molecule has 3 rings (SSSR count). The van der Waals surface area contributed by atoms with Crippen LogP contribution in [-0.4, -0.2) is 22.8 Å². The summed E-state index contributed by atoms with van der Waals surface area (Å²) in [6, 6.07) is 0. The summed E-state index contributed by atoms with van der Waals surface area (Å²) in [6.07, 6.45) is 2.54. The maximum atomic E-state index is 11.8. The Balaban J connectivity index is 1.82. The molecular weight excluding hydrogens is 266 g/mol. The van der Waals surface area contributed by atoms with E-state index in [-0.39, 0.29) is 5.78 Å². The Hall–Kier alpha value is -1.27. The van der Waals surface area contributed by atoms with Crippen molar-refractivity contribution >= 4 is 33.6 Å². The van der Waals surface area contributed by atoms with Crippen LogP contribution in [0.5, 0.6) is 0 Å². The third kappa shape index (κ3) is 2.18. The number of anilines is 1. The van der Waals surface area contributed by atoms with Gasteiger partial charge in [-0.1, -0.05) is 11.3 Å². The standard InChI is InChI=1S/C12H13N3OS2/c1-15(5-8-6-17-7-13-8)12-14-9-3-2-4-10(16)11(9)18-12/h6-7H,2-5H2,1H3. The molecule has 0 radical (unpaired) electrons. The number of ketones is 1. The number of fused-ring (bicyclic) bond motifs is 1. The molecule has 1 aliphatic rings. The van der Waals surface area contributed by atoms with Crippen LogP contribution in [0.4, 0.5) is 5.13 Å². The lowest BCUT2D eigenvalue weighted by atomic mass is 10.0. The van der Waals surface area contributed by atoms with Crippen LogP contribution >= 0.6 is 22.7 Å². The maximum Gasteiger partial charge on any atom is 0.186 e. The van der Waals surface area contributed by atoms with E-state index >= 15 is 0 Å². The van der Waals surface area contributed by atoms with Crippen molar-refractivity contribution in [2.45, 2.75) is 25.8 Å². The van der Waals surface area contributed by atoms with Gasteiger partial charge in [0.15, 0.2) is 10.9 Å². The number of Topliss-reactive ketones (excluding diaryl/α,β-unsaturated/α-hetero) is 1. The zero-order valence-corrected chi connectivity index (χ0v) is 11.7. The summed E-state index contributed by atoms with van der Waals surface area (Å²) in [4.78, 5) is 23.5. The average Bonchev–Trinajstić information content (AvgIpc) is 2.97. The molecule has 2 aromatic rings. The molecule has 18 heavy (non-hydrogen) atoms. The van der Waals surface area contributed by atoms with E-state index in [1.54, 1.807) is 11.3 Å². The molecule has 0 fully saturated rings. The van der Waals surface area contributed by atoms with Crippen molar-refractivity contribution in [2.75, 3.05) is 11.9 Å². The van der Waals surface area contributed by atoms with Crippen molar-refractivity contribution in [3.8, 4) is 0 Å². The van der Waals surface area contributed by atoms with Gasteiger partial charge in [-0.3, -0.25) is 4.79 Å². The fraction of sp³-hybridized carbons (Fsp3) is 0.417. The lowest BCUT2D eigenvalue weighted by molar-refractivity contribution is 0.0976. The Morgan fingerprint density at radius 1 is 1.44 bits per heavy atom. The van der Waals surface area contributed by atoms with Gasteiger partial charge in [0.1, 0.15) is 0 Å². The van der Waals surface area contributed by atoms with E-state index in [4.69, 9.17) is 0 Å². The number of aryl methyl sites for hydroxylation is 1. The van der Waals surface area contributed by atoms with Crippen LogP contribution in [-0.2, 0) is 13.0 Å². The van der Waals surface area contributed by atoms with Gasteiger partial charge in [0.2, 0.25) is 0 Å². The van der Waals surface area contributed by atoms with Crippen molar-refractivity contribution < 1.29 is 4.79 Å². The molecule has 0 N–H and O–H groups in total. The maximum absolute atomic E-state index is 11.8. The zero-order valence-electron chi connectivity index (χ0n) is 10.0. The van der Waals surface area contributed by atoms with Gasteiger partial charge in [-0.05, 0) is 12.8 Å². The summed E-state index contributed by atoms with van der Waals surface area (Å²) in [5.74, 6) is 0.252. The lowest BCUT2D eigenvalue weighted by Gasteiger charge is -2.13. The Bertz CT molecular complexity index is 562. The quantitative estimate of drug-likeness (QED) is 0.866. The van der Waals surface area contributed by atoms with E-state index in [1.165, 1.54) is 11.3 Å². The van der Waals surface area contributed by atoms with Crippen molar-refractivity contribution in [1.82, 2.24) is 9.97 Å². The Morgan fingerprint density at radius 3 is 3.06 bits per heavy atom. The lowest BCUT2D eigenvalue weighted by Crippen LogP contribution is -2.16. The molecule has 0 spiro atoms. The molecule has 0 saturated carbocycles. The van der Waals surface area contributed by atoms with E-state index < -0.39 is 0 Å². The number of hydrogen-bond donors (Lipinski definition) is 0. The summed E-state index contributed by atoms with van der Waals surface area (Å²) in [5.41, 5.74) is 3.86. The van der Waals surface area contributed by atoms with E-state index in [0.717, 1.165) is 40.8 Å². The van der Waals surface area contributed by atoms with Gasteiger partial charge < -0.3 is 4.90 Å². The normalized spacial score (nSPS) is 14.6. The van der Waals surface area contributed by atoms with Gasteiger partial charge in [-0.25, -0.2) is 9.97 Å². The first kappa shape index (κ1) is 11.8. The monoisotopic (exact) mass is 279 g/mol. The predicted octanol–water partition coefficient (Wildman–Crippen LogP) is 2.76. The Kier molecular flexibility index (Phi) is 3.13. The van der Waals surface area contributed by atoms with Crippen molar-refractivity contribution in [1.29, 1.82) is 0 Å². The molecule has 2 aromatic heterocycles. The number of rotatable bonds is 3. The Labute approximate surface area is 113 Å². The number of thiazole rings is 2. The molecule has 0 bridgehead atoms. The van der Waals surface area contributed by atoms with Gasteiger partial charge in [-0.15, -0.1) is 11.3 Å². The molecule has 1 aliphatic carbocycles. The van der Waals surface area contributed by atoms with Gasteiger partial charge in [0.25, 0.3) is 0 Å². The molecule has 94 valence electrons. The van der Waals surface area contributed by atoms with E-state index in [0.29, 0.717) is 6.42 Å². The summed E-state index contributed by atoms with van der Waals surface area (Å²) in [6.45, 7) is 0.740. The highest BCUT2D eigenvalue weighted by Gasteiger charge is 2.23. The second kappa shape index (κ2) is 4.78. The first-order chi connectivity index (χ1) is 8.74. The van der Waals surface area contributed by atoms with Crippen LogP contribution in [0.3, 0.4) is 0 Å². The summed E-state index contributed by atoms with van der Waals surface area (Å²) in [5, 5.41) is 2.96. The minimum atomic E-state index is 0.252. The topological polar surface area (TPSA) is 46.1 Å². The van der Waals surface area contributed by atoms with Crippen LogP contribution in [0, 0.1) is 0 Å². The number of nitrogens with zero attached hydrogens (tertiary/aromatic N) is 3. The fourth-order valence-corrected chi connectivity index (χ4v) is 3.64. The number of hydrogen-bond acceptors (Lipinski definition) is 6. The molecule has 0 saturated heterocycles. The molecule has 2 heterocycles. The zero-order chi connectivity index (χ0) is 12.5. The first-order valence-corrected chi connectivity index (χ1v) is 7.61. The first-order valence-electron chi connectivity index (χ1n) is 5.85. The minimum Gasteiger partial charge on any atom is -0.345 e. The highest BCUT2D eigenvalue weighted by atomic mass is 32.1. The van der Waals surface area contributed by atoms with Crippen molar-refractivity contribution in [2.24, 2.45) is 0 Å². The smallest absolute Gasteiger partial charge is 0.186 e. The Morgan fingerprint density at radius 2 is 2.33 bits per heavy atom. The van der Waals surface area contributed by atoms with Crippen LogP contribution in [0.15, 0.2) is 10.9 Å². The molecule has 0 aliphatic heterocycles. The van der Waals surface area contributed by atoms with Crippen LogP contribution in [0.1, 0.15) is 33.9 Å². The van der Waals surface area contributed by atoms with Gasteiger partial charge >= 0.3 is 0 Å². The van der Waals surface area contributed by atoms with Crippen molar-refractivity contribution in [3.63, 3.8) is 0 Å². The van der Waals surface area contributed by atoms with Crippen LogP contribution in [0.25, 0.3) is 0 Å². The molecule has 0 aromatic carbocycles. The van der Waals surface area contributed by atoms with E-state index in [1.807, 2.05) is 17.9 Å². The second-order valence-corrected chi connectivity index (χ2v) is 6.08. The third-order valence-electron chi connectivity index (χ3n) is 2.97. The summed E-state index contributed by atoms with van der Waals surface area (Å²) in [7, 11) is 1.99. The molecule has 0 atom stereocenters. The highest BCUT2D eigenvalue weighted by Crippen LogP contribution is 2.31. The number of carbonyl (C=O) groups excluding carboxylic acids is 1. The average molecular weight is 279 g/mol. The van der Waals surface area contributed by atoms with Gasteiger partial charge in [0, 0.05) is 18.8 Å². The largest absolute Gasteiger partial charge is 0.345 e. The number of aromatic nitrogens is 2. The highest BCUT2D eigenvalue weighted by molar-refractivity contribution is 7.17. The second-order valence-electron chi connectivity index (χ2n) is 4.38. The molecule has 0 amide bonds.